The van der Waals surface area contributed by atoms with Gasteiger partial charge < -0.3 is 14.2 Å². The zero-order valence-electron chi connectivity index (χ0n) is 24.0. The third-order valence-electron chi connectivity index (χ3n) is 7.13. The molecule has 5 rings (SSSR count). The number of aromatic nitrogens is 1. The fourth-order valence-corrected chi connectivity index (χ4v) is 5.58. The quantitative estimate of drug-likeness (QED) is 0.0882. The number of hydrogen-bond acceptors (Lipinski definition) is 5. The van der Waals surface area contributed by atoms with E-state index in [9.17, 15) is 13.0 Å². The average Bonchev–Trinajstić information content (AvgIpc) is 2.98. The van der Waals surface area contributed by atoms with E-state index in [1.54, 1.807) is 19.2 Å². The van der Waals surface area contributed by atoms with Crippen LogP contribution in [-0.2, 0) is 16.7 Å². The maximum atomic E-state index is 10.4. The molecule has 5 aromatic rings. The predicted octanol–water partition coefficient (Wildman–Crippen LogP) is 6.89. The van der Waals surface area contributed by atoms with Crippen molar-refractivity contribution in [3.8, 4) is 16.9 Å². The molecular formula is C34H36N2O4S. The average molecular weight is 569 g/mol. The Morgan fingerprint density at radius 1 is 0.878 bits per heavy atom. The molecular weight excluding hydrogens is 532 g/mol. The number of aryl methyl sites for hydroxylation is 1. The zero-order chi connectivity index (χ0) is 29.6. The van der Waals surface area contributed by atoms with E-state index >= 15 is 0 Å². The number of rotatable bonds is 8. The fraction of sp³-hybridized carbons (Fsp3) is 0.206. The van der Waals surface area contributed by atoms with Crippen LogP contribution in [0.3, 0.4) is 0 Å². The Kier molecular flexibility index (Phi) is 9.42. The number of para-hydroxylation sites is 2. The highest BCUT2D eigenvalue weighted by Gasteiger charge is 2.22. The van der Waals surface area contributed by atoms with Gasteiger partial charge in [0.15, 0.2) is 6.54 Å². The van der Waals surface area contributed by atoms with Gasteiger partial charge in [0.2, 0.25) is 11.0 Å². The summed E-state index contributed by atoms with van der Waals surface area (Å²) < 4.78 is 39.4. The molecule has 1 aromatic heterocycles. The third-order valence-corrected chi connectivity index (χ3v) is 7.98. The van der Waals surface area contributed by atoms with Crippen LogP contribution in [0.1, 0.15) is 19.4 Å². The first-order chi connectivity index (χ1) is 19.7. The Labute approximate surface area is 242 Å². The molecule has 212 valence electrons. The Balaban J connectivity index is 0.000000296. The molecule has 0 saturated carbocycles. The number of pyridine rings is 1. The Morgan fingerprint density at radius 3 is 1.93 bits per heavy atom. The number of fused-ring (bicyclic) bond motifs is 2. The SMILES string of the molecule is C=CC[n+]1c2ccccc2c(-c2ccc(N(CC)CC)cc2OC)c2ccccc21.Cc1ccc(S(=O)(=O)[O-])cc1. The van der Waals surface area contributed by atoms with Gasteiger partial charge in [-0.2, -0.15) is 4.57 Å². The van der Waals surface area contributed by atoms with Gasteiger partial charge in [0, 0.05) is 48.1 Å². The van der Waals surface area contributed by atoms with E-state index in [1.165, 1.54) is 45.2 Å². The van der Waals surface area contributed by atoms with E-state index in [2.05, 4.69) is 96.6 Å². The van der Waals surface area contributed by atoms with Crippen LogP contribution < -0.4 is 14.2 Å². The molecule has 0 aliphatic heterocycles. The molecule has 7 heteroatoms. The molecule has 1 heterocycles. The lowest BCUT2D eigenvalue weighted by molar-refractivity contribution is -0.634. The molecule has 0 fully saturated rings. The van der Waals surface area contributed by atoms with Crippen molar-refractivity contribution in [2.75, 3.05) is 25.1 Å². The van der Waals surface area contributed by atoms with E-state index in [4.69, 9.17) is 4.74 Å². The lowest BCUT2D eigenvalue weighted by Crippen LogP contribution is -2.34. The topological polar surface area (TPSA) is 73.5 Å². The van der Waals surface area contributed by atoms with E-state index in [0.717, 1.165) is 36.5 Å². The first-order valence-electron chi connectivity index (χ1n) is 13.6. The second kappa shape index (κ2) is 13.0. The first-order valence-corrected chi connectivity index (χ1v) is 15.0. The van der Waals surface area contributed by atoms with Gasteiger partial charge in [0.1, 0.15) is 15.9 Å². The van der Waals surface area contributed by atoms with Gasteiger partial charge in [-0.15, -0.1) is 0 Å². The highest BCUT2D eigenvalue weighted by atomic mass is 32.2. The zero-order valence-corrected chi connectivity index (χ0v) is 24.8. The second-order valence-corrected chi connectivity index (χ2v) is 11.0. The van der Waals surface area contributed by atoms with Crippen LogP contribution in [0.4, 0.5) is 5.69 Å². The summed E-state index contributed by atoms with van der Waals surface area (Å²) in [6, 6.07) is 29.5. The summed E-state index contributed by atoms with van der Waals surface area (Å²) in [5, 5.41) is 2.43. The molecule has 0 aliphatic carbocycles. The fourth-order valence-electron chi connectivity index (χ4n) is 5.11. The van der Waals surface area contributed by atoms with Gasteiger partial charge in [-0.1, -0.05) is 48.5 Å². The van der Waals surface area contributed by atoms with E-state index in [-0.39, 0.29) is 4.90 Å². The first kappa shape index (κ1) is 29.8. The summed E-state index contributed by atoms with van der Waals surface area (Å²) in [6.07, 6.45) is 1.96. The van der Waals surface area contributed by atoms with Crippen molar-refractivity contribution in [2.45, 2.75) is 32.2 Å². The minimum atomic E-state index is -4.27. The maximum Gasteiger partial charge on any atom is 0.213 e. The summed E-state index contributed by atoms with van der Waals surface area (Å²) in [4.78, 5) is 2.16. The van der Waals surface area contributed by atoms with Crippen LogP contribution in [0, 0.1) is 6.92 Å². The van der Waals surface area contributed by atoms with Gasteiger partial charge in [-0.3, -0.25) is 0 Å². The van der Waals surface area contributed by atoms with Crippen molar-refractivity contribution < 1.29 is 22.3 Å². The number of methoxy groups -OCH3 is 1. The monoisotopic (exact) mass is 568 g/mol. The highest BCUT2D eigenvalue weighted by Crippen LogP contribution is 2.40. The number of nitrogens with zero attached hydrogens (tertiary/aromatic N) is 2. The van der Waals surface area contributed by atoms with Gasteiger partial charge in [-0.05, 0) is 63.2 Å². The minimum absolute atomic E-state index is 0.178. The van der Waals surface area contributed by atoms with Gasteiger partial charge in [0.25, 0.3) is 0 Å². The molecule has 6 nitrogen and oxygen atoms in total. The Morgan fingerprint density at radius 2 is 1.44 bits per heavy atom. The summed E-state index contributed by atoms with van der Waals surface area (Å²) in [5.74, 6) is 0.899. The summed E-state index contributed by atoms with van der Waals surface area (Å²) in [5.41, 5.74) is 6.84. The molecule has 0 N–H and O–H groups in total. The summed E-state index contributed by atoms with van der Waals surface area (Å²) in [7, 11) is -2.51. The normalized spacial score (nSPS) is 11.1. The third kappa shape index (κ3) is 6.42. The number of benzene rings is 4. The Hall–Kier alpha value is -4.20. The van der Waals surface area contributed by atoms with Crippen molar-refractivity contribution in [3.63, 3.8) is 0 Å². The van der Waals surface area contributed by atoms with Crippen LogP contribution in [0.25, 0.3) is 32.9 Å². The second-order valence-electron chi connectivity index (χ2n) is 9.63. The van der Waals surface area contributed by atoms with Gasteiger partial charge >= 0.3 is 0 Å². The van der Waals surface area contributed by atoms with Crippen LogP contribution in [-0.4, -0.2) is 33.2 Å². The smallest absolute Gasteiger partial charge is 0.213 e. The molecule has 0 bridgehead atoms. The molecule has 0 spiro atoms. The van der Waals surface area contributed by atoms with Crippen molar-refractivity contribution in [2.24, 2.45) is 0 Å². The van der Waals surface area contributed by atoms with E-state index in [1.807, 2.05) is 13.0 Å². The molecule has 0 saturated heterocycles. The lowest BCUT2D eigenvalue weighted by Gasteiger charge is -2.23. The van der Waals surface area contributed by atoms with Crippen molar-refractivity contribution >= 4 is 37.6 Å². The lowest BCUT2D eigenvalue weighted by atomic mass is 9.94. The summed E-state index contributed by atoms with van der Waals surface area (Å²) in [6.45, 7) is 12.9. The van der Waals surface area contributed by atoms with Crippen LogP contribution >= 0.6 is 0 Å². The largest absolute Gasteiger partial charge is 0.744 e. The molecule has 0 radical (unpaired) electrons. The molecule has 0 atom stereocenters. The van der Waals surface area contributed by atoms with Crippen LogP contribution in [0.2, 0.25) is 0 Å². The molecule has 0 amide bonds. The number of allylic oxidation sites excluding steroid dienone is 1. The number of ether oxygens (including phenoxy) is 1. The van der Waals surface area contributed by atoms with E-state index in [0.29, 0.717) is 0 Å². The molecule has 0 aliphatic rings. The highest BCUT2D eigenvalue weighted by molar-refractivity contribution is 7.85. The minimum Gasteiger partial charge on any atom is -0.744 e. The predicted molar refractivity (Wildman–Crippen MR) is 167 cm³/mol. The van der Waals surface area contributed by atoms with Gasteiger partial charge in [-0.25, -0.2) is 8.42 Å². The van der Waals surface area contributed by atoms with Crippen LogP contribution in [0.5, 0.6) is 5.75 Å². The van der Waals surface area contributed by atoms with E-state index < -0.39 is 10.1 Å². The van der Waals surface area contributed by atoms with Gasteiger partial charge in [0.05, 0.1) is 22.8 Å². The standard InChI is InChI=1S/C27H29N2O.C7H8O3S/c1-5-18-29-24-14-10-8-12-21(24)27(22-13-9-11-15-25(22)29)23-17-16-20(19-26(23)30-4)28(6-2)7-3;1-6-2-4-7(5-3-6)11(8,9)10/h5,8-17,19H,1,6-7,18H2,2-4H3;2-5H,1H3,(H,8,9,10)/q+1;/p-1. The number of anilines is 1. The van der Waals surface area contributed by atoms with Crippen molar-refractivity contribution in [1.29, 1.82) is 0 Å². The Bertz CT molecular complexity index is 1720. The van der Waals surface area contributed by atoms with Crippen LogP contribution in [0.15, 0.2) is 109 Å². The molecule has 0 unspecified atom stereocenters. The molecule has 4 aromatic carbocycles. The number of hydrogen-bond donors (Lipinski definition) is 0. The van der Waals surface area contributed by atoms with Crippen molar-refractivity contribution in [3.05, 3.63) is 109 Å². The molecule has 41 heavy (non-hydrogen) atoms. The van der Waals surface area contributed by atoms with Crippen molar-refractivity contribution in [1.82, 2.24) is 0 Å². The maximum absolute atomic E-state index is 10.4. The summed E-state index contributed by atoms with van der Waals surface area (Å²) >= 11 is 0.